The molecule has 0 aromatic heterocycles. The molecule has 1 fully saturated rings. The minimum atomic E-state index is -0.895. The molecule has 0 bridgehead atoms. The van der Waals surface area contributed by atoms with E-state index in [1.807, 2.05) is 0 Å². The number of hydrogen-bond acceptors (Lipinski definition) is 4. The molecule has 1 heterocycles. The Hall–Kier alpha value is -1.06. The van der Waals surface area contributed by atoms with Crippen LogP contribution in [0.4, 0.5) is 0 Å². The molecular weight excluding hydrogens is 124 g/mol. The molecule has 1 saturated heterocycles. The van der Waals surface area contributed by atoms with E-state index >= 15 is 0 Å². The molecule has 1 rings (SSSR count). The van der Waals surface area contributed by atoms with Gasteiger partial charge in [0.2, 0.25) is 0 Å². The van der Waals surface area contributed by atoms with Crippen LogP contribution in [0.1, 0.15) is 6.92 Å². The van der Waals surface area contributed by atoms with Crippen LogP contribution >= 0.6 is 0 Å². The normalized spacial score (nSPS) is 27.0. The summed E-state index contributed by atoms with van der Waals surface area (Å²) in [7, 11) is 0. The first kappa shape index (κ1) is 6.07. The van der Waals surface area contributed by atoms with Crippen molar-refractivity contribution in [1.29, 1.82) is 0 Å². The zero-order valence-corrected chi connectivity index (χ0v) is 4.92. The van der Waals surface area contributed by atoms with Gasteiger partial charge in [-0.25, -0.2) is 9.59 Å². The third kappa shape index (κ3) is 1.19. The highest BCUT2D eigenvalue weighted by atomic mass is 16.6. The molecule has 4 heteroatoms. The lowest BCUT2D eigenvalue weighted by atomic mass is 10.4. The first-order valence-corrected chi connectivity index (χ1v) is 2.58. The van der Waals surface area contributed by atoms with Gasteiger partial charge in [0.15, 0.2) is 0 Å². The fraction of sp³-hybridized carbons (Fsp3) is 0.600. The zero-order valence-electron chi connectivity index (χ0n) is 4.92. The van der Waals surface area contributed by atoms with Crippen LogP contribution in [0.3, 0.4) is 0 Å². The van der Waals surface area contributed by atoms with Gasteiger partial charge < -0.3 is 9.47 Å². The van der Waals surface area contributed by atoms with Crippen molar-refractivity contribution >= 4 is 11.9 Å². The molecule has 1 aliphatic rings. The Balaban J connectivity index is 2.54. The van der Waals surface area contributed by atoms with Gasteiger partial charge in [-0.1, -0.05) is 0 Å². The molecule has 0 radical (unpaired) electrons. The molecular formula is C5H6O4. The van der Waals surface area contributed by atoms with Crippen LogP contribution in [0.5, 0.6) is 0 Å². The van der Waals surface area contributed by atoms with Crippen LogP contribution in [0, 0.1) is 0 Å². The van der Waals surface area contributed by atoms with E-state index in [1.54, 1.807) is 6.92 Å². The Bertz CT molecular complexity index is 151. The largest absolute Gasteiger partial charge is 0.453 e. The molecule has 50 valence electrons. The topological polar surface area (TPSA) is 52.6 Å². The summed E-state index contributed by atoms with van der Waals surface area (Å²) in [4.78, 5) is 20.6. The molecule has 0 spiro atoms. The Morgan fingerprint density at radius 3 is 2.56 bits per heavy atom. The molecule has 0 N–H and O–H groups in total. The highest BCUT2D eigenvalue weighted by molar-refractivity contribution is 6.30. The van der Waals surface area contributed by atoms with Gasteiger partial charge in [-0.3, -0.25) is 0 Å². The van der Waals surface area contributed by atoms with Gasteiger partial charge in [0.05, 0.1) is 0 Å². The van der Waals surface area contributed by atoms with E-state index in [0.717, 1.165) is 0 Å². The average Bonchev–Trinajstić information content (AvgIpc) is 1.80. The molecule has 0 unspecified atom stereocenters. The molecule has 1 aliphatic heterocycles. The van der Waals surface area contributed by atoms with Crippen molar-refractivity contribution in [2.45, 2.75) is 13.0 Å². The van der Waals surface area contributed by atoms with E-state index in [-0.39, 0.29) is 12.7 Å². The summed E-state index contributed by atoms with van der Waals surface area (Å²) < 4.78 is 8.87. The smallest absolute Gasteiger partial charge is 0.417 e. The lowest BCUT2D eigenvalue weighted by molar-refractivity contribution is -0.183. The van der Waals surface area contributed by atoms with Crippen LogP contribution in [-0.4, -0.2) is 24.6 Å². The molecule has 0 aliphatic carbocycles. The minimum Gasteiger partial charge on any atom is -0.453 e. The van der Waals surface area contributed by atoms with Gasteiger partial charge in [0, 0.05) is 0 Å². The van der Waals surface area contributed by atoms with E-state index in [4.69, 9.17) is 0 Å². The van der Waals surface area contributed by atoms with Gasteiger partial charge in [0.25, 0.3) is 0 Å². The van der Waals surface area contributed by atoms with Crippen molar-refractivity contribution < 1.29 is 19.1 Å². The predicted octanol–water partition coefficient (Wildman–Crippen LogP) is -0.525. The van der Waals surface area contributed by atoms with E-state index < -0.39 is 11.9 Å². The van der Waals surface area contributed by atoms with Crippen LogP contribution < -0.4 is 0 Å². The number of hydrogen-bond donors (Lipinski definition) is 0. The van der Waals surface area contributed by atoms with Crippen molar-refractivity contribution in [2.24, 2.45) is 0 Å². The molecule has 1 atom stereocenters. The number of esters is 2. The molecule has 4 nitrogen and oxygen atoms in total. The third-order valence-corrected chi connectivity index (χ3v) is 0.924. The highest BCUT2D eigenvalue weighted by Gasteiger charge is 2.26. The van der Waals surface area contributed by atoms with Crippen LogP contribution in [0.2, 0.25) is 0 Å². The maximum absolute atomic E-state index is 10.3. The van der Waals surface area contributed by atoms with Crippen molar-refractivity contribution in [3.8, 4) is 0 Å². The monoisotopic (exact) mass is 130 g/mol. The fourth-order valence-corrected chi connectivity index (χ4v) is 0.517. The van der Waals surface area contributed by atoms with E-state index in [0.29, 0.717) is 0 Å². The summed E-state index contributed by atoms with van der Waals surface area (Å²) in [5.74, 6) is -1.79. The molecule has 9 heavy (non-hydrogen) atoms. The second-order valence-corrected chi connectivity index (χ2v) is 1.81. The standard InChI is InChI=1S/C5H6O4/c1-3-2-8-4(6)5(7)9-3/h3H,2H2,1H3/t3-/m1/s1. The van der Waals surface area contributed by atoms with Gasteiger partial charge in [0.1, 0.15) is 12.7 Å². The number of carbonyl (C=O) groups excluding carboxylic acids is 2. The maximum atomic E-state index is 10.3. The summed E-state index contributed by atoms with van der Waals surface area (Å²) >= 11 is 0. The third-order valence-electron chi connectivity index (χ3n) is 0.924. The molecule has 0 amide bonds. The predicted molar refractivity (Wildman–Crippen MR) is 26.5 cm³/mol. The van der Waals surface area contributed by atoms with Crippen molar-refractivity contribution in [2.75, 3.05) is 6.61 Å². The lowest BCUT2D eigenvalue weighted by Gasteiger charge is -2.17. The summed E-state index contributed by atoms with van der Waals surface area (Å²) in [5.41, 5.74) is 0. The summed E-state index contributed by atoms with van der Waals surface area (Å²) in [6, 6.07) is 0. The average molecular weight is 130 g/mol. The second kappa shape index (κ2) is 2.05. The fourth-order valence-electron chi connectivity index (χ4n) is 0.517. The molecule has 0 aromatic rings. The van der Waals surface area contributed by atoms with Crippen molar-refractivity contribution in [1.82, 2.24) is 0 Å². The number of rotatable bonds is 0. The van der Waals surface area contributed by atoms with Gasteiger partial charge in [-0.15, -0.1) is 0 Å². The van der Waals surface area contributed by atoms with Crippen LogP contribution in [0.15, 0.2) is 0 Å². The SMILES string of the molecule is C[C@@H]1COC(=O)C(=O)O1. The molecule has 0 aromatic carbocycles. The number of carbonyl (C=O) groups is 2. The van der Waals surface area contributed by atoms with Crippen molar-refractivity contribution in [3.05, 3.63) is 0 Å². The maximum Gasteiger partial charge on any atom is 0.417 e. The first-order chi connectivity index (χ1) is 4.20. The zero-order chi connectivity index (χ0) is 6.85. The Morgan fingerprint density at radius 1 is 1.44 bits per heavy atom. The number of cyclic esters (lactones) is 2. The quantitative estimate of drug-likeness (QED) is 0.327. The Morgan fingerprint density at radius 2 is 2.11 bits per heavy atom. The summed E-state index contributed by atoms with van der Waals surface area (Å²) in [6.07, 6.45) is -0.296. The highest BCUT2D eigenvalue weighted by Crippen LogP contribution is 2.00. The molecule has 0 saturated carbocycles. The minimum absolute atomic E-state index is 0.171. The number of ether oxygens (including phenoxy) is 2. The van der Waals surface area contributed by atoms with Crippen LogP contribution in [0.25, 0.3) is 0 Å². The van der Waals surface area contributed by atoms with E-state index in [1.165, 1.54) is 0 Å². The lowest BCUT2D eigenvalue weighted by Crippen LogP contribution is -2.34. The van der Waals surface area contributed by atoms with E-state index in [9.17, 15) is 9.59 Å². The summed E-state index contributed by atoms with van der Waals surface area (Å²) in [5, 5.41) is 0. The van der Waals surface area contributed by atoms with Gasteiger partial charge >= 0.3 is 11.9 Å². The van der Waals surface area contributed by atoms with Gasteiger partial charge in [-0.05, 0) is 6.92 Å². The van der Waals surface area contributed by atoms with Crippen LogP contribution in [-0.2, 0) is 19.1 Å². The summed E-state index contributed by atoms with van der Waals surface area (Å²) in [6.45, 7) is 1.83. The Kier molecular flexibility index (Phi) is 1.38. The first-order valence-electron chi connectivity index (χ1n) is 2.58. The van der Waals surface area contributed by atoms with Crippen molar-refractivity contribution in [3.63, 3.8) is 0 Å². The second-order valence-electron chi connectivity index (χ2n) is 1.81. The Labute approximate surface area is 51.7 Å². The van der Waals surface area contributed by atoms with E-state index in [2.05, 4.69) is 9.47 Å². The van der Waals surface area contributed by atoms with Gasteiger partial charge in [-0.2, -0.15) is 0 Å².